The van der Waals surface area contributed by atoms with Crippen molar-refractivity contribution in [2.45, 2.75) is 40.2 Å². The van der Waals surface area contributed by atoms with Gasteiger partial charge in [-0.1, -0.05) is 49.4 Å². The predicted molar refractivity (Wildman–Crippen MR) is 116 cm³/mol. The molecule has 1 aliphatic rings. The minimum absolute atomic E-state index is 0.196. The molecule has 0 radical (unpaired) electrons. The Bertz CT molecular complexity index is 1060. The highest BCUT2D eigenvalue weighted by Crippen LogP contribution is 2.24. The predicted octanol–water partition coefficient (Wildman–Crippen LogP) is 4.47. The Balaban J connectivity index is 1.60. The van der Waals surface area contributed by atoms with E-state index in [1.165, 1.54) is 11.1 Å². The van der Waals surface area contributed by atoms with E-state index in [1.807, 2.05) is 32.0 Å². The van der Waals surface area contributed by atoms with E-state index >= 15 is 0 Å². The zero-order valence-corrected chi connectivity index (χ0v) is 17.2. The van der Waals surface area contributed by atoms with Crippen LogP contribution in [0.4, 0.5) is 11.6 Å². The van der Waals surface area contributed by atoms with Crippen LogP contribution in [0.3, 0.4) is 0 Å². The summed E-state index contributed by atoms with van der Waals surface area (Å²) in [6, 6.07) is 16.3. The van der Waals surface area contributed by atoms with Crippen LogP contribution in [0.2, 0.25) is 0 Å². The average molecular weight is 386 g/mol. The second-order valence-corrected chi connectivity index (χ2v) is 7.55. The van der Waals surface area contributed by atoms with E-state index in [-0.39, 0.29) is 5.91 Å². The van der Waals surface area contributed by atoms with Gasteiger partial charge in [-0.3, -0.25) is 4.79 Å². The van der Waals surface area contributed by atoms with Crippen LogP contribution in [0, 0.1) is 13.8 Å². The van der Waals surface area contributed by atoms with E-state index in [1.54, 1.807) is 6.07 Å². The summed E-state index contributed by atoms with van der Waals surface area (Å²) in [6.45, 7) is 7.62. The molecule has 1 amide bonds. The maximum atomic E-state index is 13.0. The first-order valence-corrected chi connectivity index (χ1v) is 10.1. The molecule has 1 N–H and O–H groups in total. The third-order valence-corrected chi connectivity index (χ3v) is 5.47. The lowest BCUT2D eigenvalue weighted by atomic mass is 10.0. The van der Waals surface area contributed by atoms with Gasteiger partial charge in [-0.25, -0.2) is 9.97 Å². The van der Waals surface area contributed by atoms with Crippen LogP contribution in [0.25, 0.3) is 0 Å². The van der Waals surface area contributed by atoms with Crippen molar-refractivity contribution in [2.75, 3.05) is 16.8 Å². The molecule has 0 fully saturated rings. The fourth-order valence-corrected chi connectivity index (χ4v) is 3.86. The molecule has 0 spiro atoms. The standard InChI is InChI=1S/C24H26N4O/c1-4-18-11-7-8-16(2)22(18)27-23(29)21-14-17(3)25-24(26-21)28-13-12-19-9-5-6-10-20(19)15-28/h5-11,14H,4,12-13,15H2,1-3H3,(H,27,29). The molecule has 2 heterocycles. The number of hydrogen-bond acceptors (Lipinski definition) is 4. The first kappa shape index (κ1) is 19.1. The van der Waals surface area contributed by atoms with Crippen molar-refractivity contribution in [1.29, 1.82) is 0 Å². The maximum absolute atomic E-state index is 13.0. The molecule has 1 aromatic heterocycles. The molecule has 29 heavy (non-hydrogen) atoms. The Labute approximate surface area is 171 Å². The Hall–Kier alpha value is -3.21. The molecule has 0 saturated carbocycles. The lowest BCUT2D eigenvalue weighted by Crippen LogP contribution is -2.32. The van der Waals surface area contributed by atoms with Gasteiger partial charge in [-0.05, 0) is 55.0 Å². The maximum Gasteiger partial charge on any atom is 0.274 e. The van der Waals surface area contributed by atoms with Gasteiger partial charge in [0.1, 0.15) is 5.69 Å². The number of carbonyl (C=O) groups is 1. The first-order chi connectivity index (χ1) is 14.0. The van der Waals surface area contributed by atoms with E-state index in [9.17, 15) is 4.79 Å². The van der Waals surface area contributed by atoms with Crippen molar-refractivity contribution < 1.29 is 4.79 Å². The third-order valence-electron chi connectivity index (χ3n) is 5.47. The Morgan fingerprint density at radius 1 is 1.07 bits per heavy atom. The second-order valence-electron chi connectivity index (χ2n) is 7.55. The van der Waals surface area contributed by atoms with Gasteiger partial charge in [-0.2, -0.15) is 0 Å². The van der Waals surface area contributed by atoms with Crippen molar-refractivity contribution in [3.63, 3.8) is 0 Å². The number of para-hydroxylation sites is 1. The number of aryl methyl sites for hydroxylation is 3. The molecule has 3 aromatic rings. The van der Waals surface area contributed by atoms with E-state index in [2.05, 4.69) is 51.4 Å². The van der Waals surface area contributed by atoms with Crippen molar-refractivity contribution in [1.82, 2.24) is 9.97 Å². The normalized spacial score (nSPS) is 13.1. The molecule has 2 aromatic carbocycles. The molecule has 148 valence electrons. The second kappa shape index (κ2) is 8.03. The van der Waals surface area contributed by atoms with Gasteiger partial charge in [0, 0.05) is 24.5 Å². The van der Waals surface area contributed by atoms with Gasteiger partial charge in [0.25, 0.3) is 5.91 Å². The minimum atomic E-state index is -0.196. The van der Waals surface area contributed by atoms with Crippen LogP contribution in [0.15, 0.2) is 48.5 Å². The molecule has 0 saturated heterocycles. The number of anilines is 2. The minimum Gasteiger partial charge on any atom is -0.336 e. The monoisotopic (exact) mass is 386 g/mol. The van der Waals surface area contributed by atoms with Gasteiger partial charge in [-0.15, -0.1) is 0 Å². The van der Waals surface area contributed by atoms with Crippen molar-refractivity contribution in [3.05, 3.63) is 82.2 Å². The summed E-state index contributed by atoms with van der Waals surface area (Å²) in [5.74, 6) is 0.420. The third kappa shape index (κ3) is 3.99. The summed E-state index contributed by atoms with van der Waals surface area (Å²) in [5.41, 5.74) is 6.91. The number of nitrogens with zero attached hydrogens (tertiary/aromatic N) is 3. The number of nitrogens with one attached hydrogen (secondary N) is 1. The number of rotatable bonds is 4. The van der Waals surface area contributed by atoms with Crippen LogP contribution in [-0.2, 0) is 19.4 Å². The smallest absolute Gasteiger partial charge is 0.274 e. The molecule has 0 atom stereocenters. The number of amides is 1. The number of aromatic nitrogens is 2. The molecule has 1 aliphatic heterocycles. The summed E-state index contributed by atoms with van der Waals surface area (Å²) >= 11 is 0. The Kier molecular flexibility index (Phi) is 5.30. The quantitative estimate of drug-likeness (QED) is 0.719. The van der Waals surface area contributed by atoms with E-state index in [0.29, 0.717) is 11.6 Å². The largest absolute Gasteiger partial charge is 0.336 e. The van der Waals surface area contributed by atoms with Crippen LogP contribution >= 0.6 is 0 Å². The van der Waals surface area contributed by atoms with Gasteiger partial charge in [0.2, 0.25) is 5.95 Å². The molecular weight excluding hydrogens is 360 g/mol. The SMILES string of the molecule is CCc1cccc(C)c1NC(=O)c1cc(C)nc(N2CCc3ccccc3C2)n1. The van der Waals surface area contributed by atoms with Gasteiger partial charge in [0.15, 0.2) is 0 Å². The summed E-state index contributed by atoms with van der Waals surface area (Å²) in [7, 11) is 0. The van der Waals surface area contributed by atoms with Crippen LogP contribution in [-0.4, -0.2) is 22.4 Å². The number of hydrogen-bond donors (Lipinski definition) is 1. The Morgan fingerprint density at radius 3 is 2.66 bits per heavy atom. The molecule has 5 heteroatoms. The molecule has 5 nitrogen and oxygen atoms in total. The molecule has 0 bridgehead atoms. The molecule has 0 aliphatic carbocycles. The van der Waals surface area contributed by atoms with E-state index in [0.717, 1.165) is 48.4 Å². The van der Waals surface area contributed by atoms with Crippen molar-refractivity contribution in [2.24, 2.45) is 0 Å². The summed E-state index contributed by atoms with van der Waals surface area (Å²) in [5, 5.41) is 3.07. The highest BCUT2D eigenvalue weighted by Gasteiger charge is 2.20. The Morgan fingerprint density at radius 2 is 1.86 bits per heavy atom. The topological polar surface area (TPSA) is 58.1 Å². The highest BCUT2D eigenvalue weighted by molar-refractivity contribution is 6.04. The van der Waals surface area contributed by atoms with Gasteiger partial charge in [0.05, 0.1) is 0 Å². The van der Waals surface area contributed by atoms with E-state index in [4.69, 9.17) is 0 Å². The average Bonchev–Trinajstić information content (AvgIpc) is 2.74. The summed E-state index contributed by atoms with van der Waals surface area (Å²) in [6.07, 6.45) is 1.82. The zero-order chi connectivity index (χ0) is 20.4. The lowest BCUT2D eigenvalue weighted by Gasteiger charge is -2.29. The number of fused-ring (bicyclic) bond motifs is 1. The molecular formula is C24H26N4O. The summed E-state index contributed by atoms with van der Waals surface area (Å²) < 4.78 is 0. The van der Waals surface area contributed by atoms with Crippen LogP contribution in [0.1, 0.15) is 45.4 Å². The summed E-state index contributed by atoms with van der Waals surface area (Å²) in [4.78, 5) is 24.4. The van der Waals surface area contributed by atoms with Crippen LogP contribution in [0.5, 0.6) is 0 Å². The lowest BCUT2D eigenvalue weighted by molar-refractivity contribution is 0.102. The molecule has 4 rings (SSSR count). The van der Waals surface area contributed by atoms with Gasteiger partial charge >= 0.3 is 0 Å². The first-order valence-electron chi connectivity index (χ1n) is 10.1. The van der Waals surface area contributed by atoms with Crippen LogP contribution < -0.4 is 10.2 Å². The number of carbonyl (C=O) groups excluding carboxylic acids is 1. The van der Waals surface area contributed by atoms with E-state index < -0.39 is 0 Å². The van der Waals surface area contributed by atoms with Gasteiger partial charge < -0.3 is 10.2 Å². The molecule has 0 unspecified atom stereocenters. The zero-order valence-electron chi connectivity index (χ0n) is 17.2. The van der Waals surface area contributed by atoms with Crippen molar-refractivity contribution >= 4 is 17.5 Å². The fraction of sp³-hybridized carbons (Fsp3) is 0.292. The fourth-order valence-electron chi connectivity index (χ4n) is 3.86. The van der Waals surface area contributed by atoms with Crippen molar-refractivity contribution in [3.8, 4) is 0 Å². The number of benzene rings is 2. The highest BCUT2D eigenvalue weighted by atomic mass is 16.1.